The van der Waals surface area contributed by atoms with Crippen LogP contribution in [0.25, 0.3) is 16.6 Å². The van der Waals surface area contributed by atoms with Crippen LogP contribution in [0.3, 0.4) is 0 Å². The van der Waals surface area contributed by atoms with E-state index in [1.807, 2.05) is 12.1 Å². The Morgan fingerprint density at radius 2 is 2.05 bits per heavy atom. The van der Waals surface area contributed by atoms with Crippen LogP contribution in [0.4, 0.5) is 5.69 Å². The third-order valence-corrected chi connectivity index (χ3v) is 3.15. The summed E-state index contributed by atoms with van der Waals surface area (Å²) in [5.41, 5.74) is 7.78. The minimum atomic E-state index is 0.380. The van der Waals surface area contributed by atoms with Gasteiger partial charge in [0.15, 0.2) is 0 Å². The molecule has 0 saturated carbocycles. The van der Waals surface area contributed by atoms with Crippen LogP contribution in [0.2, 0.25) is 0 Å². The third kappa shape index (κ3) is 1.83. The number of fused-ring (bicyclic) bond motifs is 2. The summed E-state index contributed by atoms with van der Waals surface area (Å²) < 4.78 is 7.62. The highest BCUT2D eigenvalue weighted by Gasteiger charge is 2.11. The van der Waals surface area contributed by atoms with Crippen LogP contribution in [0.15, 0.2) is 49.2 Å². The van der Waals surface area contributed by atoms with Crippen molar-refractivity contribution in [1.82, 2.24) is 24.6 Å². The van der Waals surface area contributed by atoms with Gasteiger partial charge in [-0.25, -0.2) is 4.98 Å². The Morgan fingerprint density at radius 3 is 3.00 bits per heavy atom. The first-order valence-electron chi connectivity index (χ1n) is 6.28. The number of nitrogens with two attached hydrogens (primary N) is 1. The van der Waals surface area contributed by atoms with E-state index >= 15 is 0 Å². The van der Waals surface area contributed by atoms with E-state index in [0.717, 1.165) is 5.39 Å². The number of hydrogen-bond acceptors (Lipinski definition) is 6. The monoisotopic (exact) mass is 278 g/mol. The molecule has 0 radical (unpaired) electrons. The molecule has 0 bridgehead atoms. The largest absolute Gasteiger partial charge is 0.435 e. The molecule has 7 heteroatoms. The van der Waals surface area contributed by atoms with Crippen molar-refractivity contribution in [3.05, 3.63) is 49.2 Å². The number of ether oxygens (including phenoxy) is 1. The fraction of sp³-hybridized carbons (Fsp3) is 0. The average molecular weight is 278 g/mol. The molecule has 3 heterocycles. The smallest absolute Gasteiger partial charge is 0.265 e. The summed E-state index contributed by atoms with van der Waals surface area (Å²) in [6.07, 6.45) is 6.67. The first kappa shape index (κ1) is 11.6. The van der Waals surface area contributed by atoms with Gasteiger partial charge in [0.05, 0.1) is 11.2 Å². The quantitative estimate of drug-likeness (QED) is 0.564. The number of nitrogens with zero attached hydrogens (tertiary/aromatic N) is 5. The van der Waals surface area contributed by atoms with E-state index in [0.29, 0.717) is 28.5 Å². The van der Waals surface area contributed by atoms with Gasteiger partial charge in [-0.15, -0.1) is 10.2 Å². The molecule has 21 heavy (non-hydrogen) atoms. The number of benzene rings is 1. The van der Waals surface area contributed by atoms with E-state index in [4.69, 9.17) is 10.5 Å². The molecule has 0 aliphatic carbocycles. The summed E-state index contributed by atoms with van der Waals surface area (Å²) >= 11 is 0. The number of aromatic nitrogens is 5. The fourth-order valence-electron chi connectivity index (χ4n) is 2.17. The second-order valence-corrected chi connectivity index (χ2v) is 4.45. The zero-order valence-corrected chi connectivity index (χ0v) is 10.8. The zero-order valence-electron chi connectivity index (χ0n) is 10.8. The van der Waals surface area contributed by atoms with Gasteiger partial charge < -0.3 is 10.5 Å². The molecule has 2 N–H and O–H groups in total. The Bertz CT molecular complexity index is 948. The zero-order chi connectivity index (χ0) is 14.2. The topological polar surface area (TPSA) is 91.2 Å². The van der Waals surface area contributed by atoms with Crippen LogP contribution in [0.5, 0.6) is 11.6 Å². The van der Waals surface area contributed by atoms with Crippen molar-refractivity contribution in [3.8, 4) is 11.6 Å². The van der Waals surface area contributed by atoms with Crippen LogP contribution in [-0.2, 0) is 0 Å². The van der Waals surface area contributed by atoms with Crippen molar-refractivity contribution in [3.63, 3.8) is 0 Å². The van der Waals surface area contributed by atoms with Gasteiger partial charge in [0.25, 0.3) is 5.88 Å². The van der Waals surface area contributed by atoms with Gasteiger partial charge in [-0.1, -0.05) is 0 Å². The van der Waals surface area contributed by atoms with Crippen LogP contribution in [-0.4, -0.2) is 24.6 Å². The molecule has 0 aliphatic rings. The lowest BCUT2D eigenvalue weighted by molar-refractivity contribution is 0.470. The number of nitrogen functional groups attached to an aromatic ring is 1. The van der Waals surface area contributed by atoms with Gasteiger partial charge in [-0.05, 0) is 24.3 Å². The number of anilines is 1. The van der Waals surface area contributed by atoms with Gasteiger partial charge in [0.1, 0.15) is 12.1 Å². The maximum absolute atomic E-state index is 5.93. The Morgan fingerprint density at radius 1 is 1.10 bits per heavy atom. The van der Waals surface area contributed by atoms with Crippen molar-refractivity contribution in [1.29, 1.82) is 0 Å². The lowest BCUT2D eigenvalue weighted by Crippen LogP contribution is -1.96. The SMILES string of the molecule is Nc1ccc(Oc2nccn3cnnc23)c2cccnc12. The standard InChI is InChI=1S/C14H10N6O/c15-10-3-4-11(9-2-1-5-16-12(9)10)21-14-13-19-18-8-20(13)7-6-17-14/h1-8H,15H2. The van der Waals surface area contributed by atoms with Crippen LogP contribution in [0.1, 0.15) is 0 Å². The number of hydrogen-bond donors (Lipinski definition) is 1. The molecule has 0 saturated heterocycles. The first-order chi connectivity index (χ1) is 10.3. The minimum absolute atomic E-state index is 0.380. The summed E-state index contributed by atoms with van der Waals surface area (Å²) in [6, 6.07) is 7.28. The molecule has 0 unspecified atom stereocenters. The van der Waals surface area contributed by atoms with E-state index in [2.05, 4.69) is 20.2 Å². The Labute approximate surface area is 119 Å². The molecule has 4 aromatic rings. The molecular formula is C14H10N6O. The first-order valence-corrected chi connectivity index (χ1v) is 6.28. The van der Waals surface area contributed by atoms with Crippen molar-refractivity contribution >= 4 is 22.2 Å². The predicted octanol–water partition coefficient (Wildman–Crippen LogP) is 2.05. The van der Waals surface area contributed by atoms with Gasteiger partial charge in [0, 0.05) is 24.0 Å². The Balaban J connectivity index is 1.88. The van der Waals surface area contributed by atoms with E-state index in [1.165, 1.54) is 0 Å². The van der Waals surface area contributed by atoms with Crippen LogP contribution in [0, 0.1) is 0 Å². The summed E-state index contributed by atoms with van der Waals surface area (Å²) in [7, 11) is 0. The molecule has 0 atom stereocenters. The van der Waals surface area contributed by atoms with Crippen molar-refractivity contribution in [2.45, 2.75) is 0 Å². The maximum atomic E-state index is 5.93. The summed E-state index contributed by atoms with van der Waals surface area (Å²) in [5, 5.41) is 8.66. The summed E-state index contributed by atoms with van der Waals surface area (Å²) in [5.74, 6) is 1.00. The predicted molar refractivity (Wildman–Crippen MR) is 77.0 cm³/mol. The minimum Gasteiger partial charge on any atom is -0.435 e. The highest BCUT2D eigenvalue weighted by molar-refractivity contribution is 5.94. The Hall–Kier alpha value is -3.22. The van der Waals surface area contributed by atoms with Gasteiger partial charge >= 0.3 is 0 Å². The molecule has 0 amide bonds. The molecule has 0 aliphatic heterocycles. The summed E-state index contributed by atoms with van der Waals surface area (Å²) in [6.45, 7) is 0. The molecule has 1 aromatic carbocycles. The molecule has 4 rings (SSSR count). The molecular weight excluding hydrogens is 268 g/mol. The van der Waals surface area contributed by atoms with E-state index in [9.17, 15) is 0 Å². The lowest BCUT2D eigenvalue weighted by Gasteiger charge is -2.09. The van der Waals surface area contributed by atoms with E-state index in [-0.39, 0.29) is 0 Å². The average Bonchev–Trinajstić information content (AvgIpc) is 3.00. The van der Waals surface area contributed by atoms with Crippen LogP contribution >= 0.6 is 0 Å². The van der Waals surface area contributed by atoms with Gasteiger partial charge in [-0.3, -0.25) is 9.38 Å². The molecule has 102 valence electrons. The fourth-order valence-corrected chi connectivity index (χ4v) is 2.17. The lowest BCUT2D eigenvalue weighted by atomic mass is 10.2. The summed E-state index contributed by atoms with van der Waals surface area (Å²) in [4.78, 5) is 8.48. The van der Waals surface area contributed by atoms with Crippen molar-refractivity contribution in [2.24, 2.45) is 0 Å². The molecule has 3 aromatic heterocycles. The van der Waals surface area contributed by atoms with Crippen molar-refractivity contribution < 1.29 is 4.74 Å². The van der Waals surface area contributed by atoms with E-state index in [1.54, 1.807) is 41.5 Å². The normalized spacial score (nSPS) is 11.0. The third-order valence-electron chi connectivity index (χ3n) is 3.15. The number of rotatable bonds is 2. The second kappa shape index (κ2) is 4.41. The van der Waals surface area contributed by atoms with E-state index < -0.39 is 0 Å². The maximum Gasteiger partial charge on any atom is 0.265 e. The Kier molecular flexibility index (Phi) is 2.43. The molecule has 0 fully saturated rings. The molecule has 7 nitrogen and oxygen atoms in total. The van der Waals surface area contributed by atoms with Crippen LogP contribution < -0.4 is 10.5 Å². The number of pyridine rings is 1. The van der Waals surface area contributed by atoms with Gasteiger partial charge in [-0.2, -0.15) is 0 Å². The highest BCUT2D eigenvalue weighted by Crippen LogP contribution is 2.32. The highest BCUT2D eigenvalue weighted by atomic mass is 16.5. The van der Waals surface area contributed by atoms with Gasteiger partial charge in [0.2, 0.25) is 5.65 Å². The second-order valence-electron chi connectivity index (χ2n) is 4.45. The van der Waals surface area contributed by atoms with Crippen molar-refractivity contribution in [2.75, 3.05) is 5.73 Å². The molecule has 0 spiro atoms.